The Labute approximate surface area is 162 Å². The van der Waals surface area contributed by atoms with Crippen molar-refractivity contribution in [2.24, 2.45) is 0 Å². The van der Waals surface area contributed by atoms with Crippen LogP contribution < -0.4 is 10.2 Å². The second-order valence-corrected chi connectivity index (χ2v) is 7.87. The Morgan fingerprint density at radius 1 is 1.12 bits per heavy atom. The Balaban J connectivity index is 1.67. The summed E-state index contributed by atoms with van der Waals surface area (Å²) >= 11 is 7.54. The maximum Gasteiger partial charge on any atom is 0.251 e. The Morgan fingerprint density at radius 2 is 1.77 bits per heavy atom. The lowest BCUT2D eigenvalue weighted by Crippen LogP contribution is -2.22. The normalized spacial score (nSPS) is 10.6. The van der Waals surface area contributed by atoms with Crippen molar-refractivity contribution in [3.8, 4) is 11.3 Å². The first-order chi connectivity index (χ1) is 12.4. The summed E-state index contributed by atoms with van der Waals surface area (Å²) in [7, 11) is 3.94. The second kappa shape index (κ2) is 7.89. The third kappa shape index (κ3) is 4.23. The molecule has 2 aromatic carbocycles. The van der Waals surface area contributed by atoms with Crippen molar-refractivity contribution in [1.82, 2.24) is 10.3 Å². The van der Waals surface area contributed by atoms with Crippen LogP contribution in [0, 0.1) is 6.92 Å². The highest BCUT2D eigenvalue weighted by atomic mass is 35.5. The molecular weight excluding hydrogens is 366 g/mol. The van der Waals surface area contributed by atoms with Crippen LogP contribution in [0.5, 0.6) is 0 Å². The van der Waals surface area contributed by atoms with Gasteiger partial charge in [0.05, 0.1) is 12.2 Å². The molecule has 0 saturated heterocycles. The molecule has 6 heteroatoms. The van der Waals surface area contributed by atoms with E-state index in [0.717, 1.165) is 26.8 Å². The predicted molar refractivity (Wildman–Crippen MR) is 109 cm³/mol. The van der Waals surface area contributed by atoms with Crippen molar-refractivity contribution in [1.29, 1.82) is 0 Å². The Bertz CT molecular complexity index is 902. The molecule has 0 unspecified atom stereocenters. The molecule has 1 amide bonds. The number of thiazole rings is 1. The largest absolute Gasteiger partial charge is 0.378 e. The van der Waals surface area contributed by atoms with E-state index in [2.05, 4.69) is 10.3 Å². The third-order valence-corrected chi connectivity index (χ3v) is 5.23. The molecule has 1 N–H and O–H groups in total. The van der Waals surface area contributed by atoms with E-state index in [1.165, 1.54) is 0 Å². The summed E-state index contributed by atoms with van der Waals surface area (Å²) < 4.78 is 0. The average molecular weight is 386 g/mol. The number of benzene rings is 2. The van der Waals surface area contributed by atoms with Gasteiger partial charge in [-0.1, -0.05) is 23.7 Å². The molecule has 0 aliphatic rings. The molecule has 0 bridgehead atoms. The van der Waals surface area contributed by atoms with Crippen LogP contribution in [0.1, 0.15) is 20.2 Å². The highest BCUT2D eigenvalue weighted by Gasteiger charge is 2.12. The first-order valence-corrected chi connectivity index (χ1v) is 9.41. The maximum atomic E-state index is 12.3. The number of amides is 1. The summed E-state index contributed by atoms with van der Waals surface area (Å²) in [6.07, 6.45) is 0. The monoisotopic (exact) mass is 385 g/mol. The van der Waals surface area contributed by atoms with Crippen LogP contribution in [0.4, 0.5) is 5.69 Å². The zero-order chi connectivity index (χ0) is 18.7. The molecule has 1 heterocycles. The van der Waals surface area contributed by atoms with Gasteiger partial charge in [-0.05, 0) is 43.3 Å². The van der Waals surface area contributed by atoms with E-state index in [1.807, 2.05) is 74.4 Å². The Kier molecular flexibility index (Phi) is 5.59. The smallest absolute Gasteiger partial charge is 0.251 e. The van der Waals surface area contributed by atoms with Crippen molar-refractivity contribution in [3.63, 3.8) is 0 Å². The summed E-state index contributed by atoms with van der Waals surface area (Å²) in [5, 5.41) is 4.52. The molecule has 4 nitrogen and oxygen atoms in total. The summed E-state index contributed by atoms with van der Waals surface area (Å²) in [6.45, 7) is 2.44. The molecule has 134 valence electrons. The number of nitrogens with one attached hydrogen (secondary N) is 1. The van der Waals surface area contributed by atoms with E-state index in [0.29, 0.717) is 17.1 Å². The Hall–Kier alpha value is -2.37. The minimum atomic E-state index is -0.101. The summed E-state index contributed by atoms with van der Waals surface area (Å²) in [5.41, 5.74) is 3.66. The highest BCUT2D eigenvalue weighted by Crippen LogP contribution is 2.28. The van der Waals surface area contributed by atoms with Crippen molar-refractivity contribution in [3.05, 3.63) is 69.0 Å². The molecule has 26 heavy (non-hydrogen) atoms. The van der Waals surface area contributed by atoms with E-state index in [4.69, 9.17) is 11.6 Å². The van der Waals surface area contributed by atoms with Gasteiger partial charge in [0.25, 0.3) is 5.91 Å². The third-order valence-electron chi connectivity index (χ3n) is 4.00. The SMILES string of the molecule is Cc1sc(CNC(=O)c2ccc(N(C)C)cc2)nc1-c1ccc(Cl)cc1. The lowest BCUT2D eigenvalue weighted by Gasteiger charge is -2.12. The molecule has 0 fully saturated rings. The number of anilines is 1. The zero-order valence-corrected chi connectivity index (χ0v) is 16.5. The topological polar surface area (TPSA) is 45.2 Å². The molecule has 1 aromatic heterocycles. The molecule has 0 atom stereocenters. The molecule has 3 rings (SSSR count). The van der Waals surface area contributed by atoms with Crippen LogP contribution in [0.15, 0.2) is 48.5 Å². The molecule has 3 aromatic rings. The summed E-state index contributed by atoms with van der Waals surface area (Å²) in [6, 6.07) is 15.1. The predicted octanol–water partition coefficient (Wildman–Crippen LogP) is 4.77. The van der Waals surface area contributed by atoms with Crippen LogP contribution in [0.3, 0.4) is 0 Å². The standard InChI is InChI=1S/C20H20ClN3OS/c1-13-19(14-4-8-16(21)9-5-14)23-18(26-13)12-22-20(25)15-6-10-17(11-7-15)24(2)3/h4-11H,12H2,1-3H3,(H,22,25). The van der Waals surface area contributed by atoms with Gasteiger partial charge >= 0.3 is 0 Å². The molecule has 0 radical (unpaired) electrons. The van der Waals surface area contributed by atoms with Gasteiger partial charge in [-0.2, -0.15) is 0 Å². The van der Waals surface area contributed by atoms with Crippen LogP contribution in [-0.4, -0.2) is 25.0 Å². The quantitative estimate of drug-likeness (QED) is 0.688. The Morgan fingerprint density at radius 3 is 2.38 bits per heavy atom. The van der Waals surface area contributed by atoms with E-state index in [9.17, 15) is 4.79 Å². The molecule has 0 saturated carbocycles. The van der Waals surface area contributed by atoms with E-state index in [-0.39, 0.29) is 5.91 Å². The van der Waals surface area contributed by atoms with Gasteiger partial charge in [0.15, 0.2) is 0 Å². The minimum absolute atomic E-state index is 0.101. The van der Waals surface area contributed by atoms with Crippen LogP contribution >= 0.6 is 22.9 Å². The van der Waals surface area contributed by atoms with E-state index < -0.39 is 0 Å². The average Bonchev–Trinajstić information content (AvgIpc) is 3.01. The number of carbonyl (C=O) groups excluding carboxylic acids is 1. The number of aryl methyl sites for hydroxylation is 1. The number of nitrogens with zero attached hydrogens (tertiary/aromatic N) is 2. The highest BCUT2D eigenvalue weighted by molar-refractivity contribution is 7.12. The number of hydrogen-bond acceptors (Lipinski definition) is 4. The van der Waals surface area contributed by atoms with Crippen LogP contribution in [0.25, 0.3) is 11.3 Å². The second-order valence-electron chi connectivity index (χ2n) is 6.14. The number of hydrogen-bond donors (Lipinski definition) is 1. The minimum Gasteiger partial charge on any atom is -0.378 e. The van der Waals surface area contributed by atoms with Crippen LogP contribution in [0.2, 0.25) is 5.02 Å². The van der Waals surface area contributed by atoms with Crippen molar-refractivity contribution >= 4 is 34.5 Å². The zero-order valence-electron chi connectivity index (χ0n) is 14.9. The van der Waals surface area contributed by atoms with Crippen molar-refractivity contribution in [2.75, 3.05) is 19.0 Å². The molecule has 0 aliphatic heterocycles. The lowest BCUT2D eigenvalue weighted by atomic mass is 10.1. The van der Waals surface area contributed by atoms with Gasteiger partial charge in [0.1, 0.15) is 5.01 Å². The number of rotatable bonds is 5. The van der Waals surface area contributed by atoms with Crippen molar-refractivity contribution < 1.29 is 4.79 Å². The molecule has 0 spiro atoms. The first-order valence-electron chi connectivity index (χ1n) is 8.22. The van der Waals surface area contributed by atoms with Gasteiger partial charge in [0, 0.05) is 40.8 Å². The number of aromatic nitrogens is 1. The number of halogens is 1. The fraction of sp³-hybridized carbons (Fsp3) is 0.200. The van der Waals surface area contributed by atoms with E-state index >= 15 is 0 Å². The van der Waals surface area contributed by atoms with Crippen molar-refractivity contribution in [2.45, 2.75) is 13.5 Å². The van der Waals surface area contributed by atoms with Gasteiger partial charge in [-0.25, -0.2) is 4.98 Å². The molecular formula is C20H20ClN3OS. The van der Waals surface area contributed by atoms with Crippen LogP contribution in [-0.2, 0) is 6.54 Å². The lowest BCUT2D eigenvalue weighted by molar-refractivity contribution is 0.0951. The maximum absolute atomic E-state index is 12.3. The van der Waals surface area contributed by atoms with E-state index in [1.54, 1.807) is 11.3 Å². The summed E-state index contributed by atoms with van der Waals surface area (Å²) in [4.78, 5) is 20.1. The van der Waals surface area contributed by atoms with Gasteiger partial charge in [-0.3, -0.25) is 4.79 Å². The fourth-order valence-electron chi connectivity index (χ4n) is 2.57. The fourth-order valence-corrected chi connectivity index (χ4v) is 3.59. The van der Waals surface area contributed by atoms with Gasteiger partial charge in [0.2, 0.25) is 0 Å². The number of carbonyl (C=O) groups is 1. The summed E-state index contributed by atoms with van der Waals surface area (Å²) in [5.74, 6) is -0.101. The van der Waals surface area contributed by atoms with Gasteiger partial charge < -0.3 is 10.2 Å². The van der Waals surface area contributed by atoms with Gasteiger partial charge in [-0.15, -0.1) is 11.3 Å². The first kappa shape index (κ1) is 18.4. The molecule has 0 aliphatic carbocycles.